The average Bonchev–Trinajstić information content (AvgIpc) is 2.86. The summed E-state index contributed by atoms with van der Waals surface area (Å²) in [6.07, 6.45) is 1.72. The largest absolute Gasteiger partial charge is 0.339 e. The van der Waals surface area contributed by atoms with Gasteiger partial charge in [-0.3, -0.25) is 4.79 Å². The Balaban J connectivity index is 1.85. The van der Waals surface area contributed by atoms with Crippen molar-refractivity contribution >= 4 is 5.91 Å². The molecule has 1 aromatic rings. The molecule has 2 heterocycles. The summed E-state index contributed by atoms with van der Waals surface area (Å²) in [5, 5.41) is 7.75. The second-order valence-corrected chi connectivity index (χ2v) is 4.43. The maximum Gasteiger partial charge on any atom is 0.244 e. The predicted molar refractivity (Wildman–Crippen MR) is 66.6 cm³/mol. The summed E-state index contributed by atoms with van der Waals surface area (Å²) in [5.74, 6) is 0.0965. The van der Waals surface area contributed by atoms with Gasteiger partial charge in [0.15, 0.2) is 0 Å². The fourth-order valence-corrected chi connectivity index (χ4v) is 2.06. The molecule has 1 aromatic heterocycles. The number of rotatable bonds is 4. The minimum Gasteiger partial charge on any atom is -0.339 e. The number of hydrogen-bond acceptors (Lipinski definition) is 5. The van der Waals surface area contributed by atoms with Crippen LogP contribution in [0.4, 0.5) is 0 Å². The molecule has 2 N–H and O–H groups in total. The maximum atomic E-state index is 12.0. The normalized spacial score (nSPS) is 17.1. The first kappa shape index (κ1) is 13.0. The molecule has 0 aliphatic carbocycles. The summed E-state index contributed by atoms with van der Waals surface area (Å²) >= 11 is 0. The number of piperazine rings is 1. The number of nitrogens with two attached hydrogens (primary N) is 1. The van der Waals surface area contributed by atoms with Crippen LogP contribution in [-0.2, 0) is 17.9 Å². The Morgan fingerprint density at radius 2 is 2.11 bits per heavy atom. The van der Waals surface area contributed by atoms with E-state index < -0.39 is 0 Å². The van der Waals surface area contributed by atoms with Gasteiger partial charge in [-0.1, -0.05) is 12.1 Å². The van der Waals surface area contributed by atoms with E-state index >= 15 is 0 Å². The lowest BCUT2D eigenvalue weighted by Gasteiger charge is -2.33. The van der Waals surface area contributed by atoms with E-state index in [9.17, 15) is 4.79 Å². The molecule has 7 heteroatoms. The molecule has 0 unspecified atom stereocenters. The first-order valence-electron chi connectivity index (χ1n) is 6.32. The van der Waals surface area contributed by atoms with Crippen LogP contribution in [0, 0.1) is 0 Å². The maximum absolute atomic E-state index is 12.0. The van der Waals surface area contributed by atoms with Crippen LogP contribution in [-0.4, -0.2) is 63.4 Å². The summed E-state index contributed by atoms with van der Waals surface area (Å²) in [4.78, 5) is 16.3. The standard InChI is InChI=1S/C11H20N6O/c1-2-15-3-5-16(6-4-15)11(18)9-17-8-10(7-12)13-14-17/h8H,2-7,9,12H2,1H3. The highest BCUT2D eigenvalue weighted by atomic mass is 16.2. The molecule has 1 fully saturated rings. The van der Waals surface area contributed by atoms with E-state index in [0.717, 1.165) is 32.7 Å². The molecule has 1 saturated heterocycles. The van der Waals surface area contributed by atoms with Crippen LogP contribution in [0.15, 0.2) is 6.20 Å². The van der Waals surface area contributed by atoms with Gasteiger partial charge in [-0.15, -0.1) is 5.10 Å². The van der Waals surface area contributed by atoms with E-state index in [0.29, 0.717) is 12.2 Å². The number of carbonyl (C=O) groups excluding carboxylic acids is 1. The van der Waals surface area contributed by atoms with Gasteiger partial charge < -0.3 is 15.5 Å². The zero-order valence-corrected chi connectivity index (χ0v) is 10.7. The van der Waals surface area contributed by atoms with E-state index in [1.54, 1.807) is 10.9 Å². The van der Waals surface area contributed by atoms with Crippen molar-refractivity contribution in [1.29, 1.82) is 0 Å². The van der Waals surface area contributed by atoms with Gasteiger partial charge in [-0.05, 0) is 6.54 Å². The number of aromatic nitrogens is 3. The summed E-state index contributed by atoms with van der Waals surface area (Å²) in [5.41, 5.74) is 6.16. The molecular formula is C11H20N6O. The van der Waals surface area contributed by atoms with Crippen LogP contribution in [0.2, 0.25) is 0 Å². The molecule has 100 valence electrons. The molecular weight excluding hydrogens is 232 g/mol. The Morgan fingerprint density at radius 3 is 2.67 bits per heavy atom. The highest BCUT2D eigenvalue weighted by Crippen LogP contribution is 2.03. The summed E-state index contributed by atoms with van der Waals surface area (Å²) in [7, 11) is 0. The Kier molecular flexibility index (Phi) is 4.27. The summed E-state index contributed by atoms with van der Waals surface area (Å²) in [6.45, 7) is 7.28. The second-order valence-electron chi connectivity index (χ2n) is 4.43. The highest BCUT2D eigenvalue weighted by Gasteiger charge is 2.20. The molecule has 0 aromatic carbocycles. The Morgan fingerprint density at radius 1 is 1.39 bits per heavy atom. The van der Waals surface area contributed by atoms with Crippen LogP contribution >= 0.6 is 0 Å². The molecule has 2 rings (SSSR count). The van der Waals surface area contributed by atoms with Crippen molar-refractivity contribution in [2.24, 2.45) is 5.73 Å². The molecule has 0 saturated carbocycles. The first-order valence-corrected chi connectivity index (χ1v) is 6.32. The molecule has 1 aliphatic rings. The van der Waals surface area contributed by atoms with Gasteiger partial charge >= 0.3 is 0 Å². The van der Waals surface area contributed by atoms with Crippen molar-refractivity contribution < 1.29 is 4.79 Å². The third kappa shape index (κ3) is 3.05. The molecule has 0 spiro atoms. The van der Waals surface area contributed by atoms with Crippen molar-refractivity contribution in [1.82, 2.24) is 24.8 Å². The van der Waals surface area contributed by atoms with Gasteiger partial charge in [-0.25, -0.2) is 4.68 Å². The number of hydrogen-bond donors (Lipinski definition) is 1. The average molecular weight is 252 g/mol. The third-order valence-electron chi connectivity index (χ3n) is 3.26. The molecule has 0 atom stereocenters. The SMILES string of the molecule is CCN1CCN(C(=O)Cn2cc(CN)nn2)CC1. The Hall–Kier alpha value is -1.47. The molecule has 1 amide bonds. The first-order chi connectivity index (χ1) is 8.72. The lowest BCUT2D eigenvalue weighted by molar-refractivity contribution is -0.133. The van der Waals surface area contributed by atoms with E-state index in [1.807, 2.05) is 4.90 Å². The molecule has 7 nitrogen and oxygen atoms in total. The number of amides is 1. The highest BCUT2D eigenvalue weighted by molar-refractivity contribution is 5.76. The molecule has 0 radical (unpaired) electrons. The van der Waals surface area contributed by atoms with Gasteiger partial charge in [0.05, 0.1) is 11.9 Å². The number of nitrogens with zero attached hydrogens (tertiary/aromatic N) is 5. The Labute approximate surface area is 107 Å². The Bertz CT molecular complexity index is 396. The summed E-state index contributed by atoms with van der Waals surface area (Å²) in [6, 6.07) is 0. The van der Waals surface area contributed by atoms with Gasteiger partial charge in [0, 0.05) is 32.7 Å². The zero-order chi connectivity index (χ0) is 13.0. The van der Waals surface area contributed by atoms with E-state index in [4.69, 9.17) is 5.73 Å². The third-order valence-corrected chi connectivity index (χ3v) is 3.26. The van der Waals surface area contributed by atoms with Crippen molar-refractivity contribution in [3.05, 3.63) is 11.9 Å². The number of carbonyl (C=O) groups is 1. The number of likely N-dealkylation sites (N-methyl/N-ethyl adjacent to an activating group) is 1. The van der Waals surface area contributed by atoms with E-state index in [2.05, 4.69) is 22.1 Å². The van der Waals surface area contributed by atoms with Gasteiger partial charge in [0.2, 0.25) is 5.91 Å². The quantitative estimate of drug-likeness (QED) is 0.736. The van der Waals surface area contributed by atoms with Gasteiger partial charge in [0.25, 0.3) is 0 Å². The van der Waals surface area contributed by atoms with Crippen molar-refractivity contribution in [3.8, 4) is 0 Å². The van der Waals surface area contributed by atoms with Crippen molar-refractivity contribution in [2.45, 2.75) is 20.0 Å². The summed E-state index contributed by atoms with van der Waals surface area (Å²) < 4.78 is 1.55. The second kappa shape index (κ2) is 5.92. The lowest BCUT2D eigenvalue weighted by Crippen LogP contribution is -2.49. The van der Waals surface area contributed by atoms with Crippen molar-refractivity contribution in [3.63, 3.8) is 0 Å². The van der Waals surface area contributed by atoms with Crippen LogP contribution in [0.25, 0.3) is 0 Å². The molecule has 0 bridgehead atoms. The van der Waals surface area contributed by atoms with Gasteiger partial charge in [-0.2, -0.15) is 0 Å². The smallest absolute Gasteiger partial charge is 0.244 e. The monoisotopic (exact) mass is 252 g/mol. The lowest BCUT2D eigenvalue weighted by atomic mass is 10.3. The van der Waals surface area contributed by atoms with Crippen LogP contribution in [0.5, 0.6) is 0 Å². The van der Waals surface area contributed by atoms with E-state index in [-0.39, 0.29) is 12.5 Å². The minimum atomic E-state index is 0.0965. The predicted octanol–water partition coefficient (Wildman–Crippen LogP) is -1.10. The van der Waals surface area contributed by atoms with Crippen LogP contribution < -0.4 is 5.73 Å². The topological polar surface area (TPSA) is 80.3 Å². The fourth-order valence-electron chi connectivity index (χ4n) is 2.06. The minimum absolute atomic E-state index is 0.0965. The van der Waals surface area contributed by atoms with Crippen LogP contribution in [0.3, 0.4) is 0 Å². The fraction of sp³-hybridized carbons (Fsp3) is 0.727. The van der Waals surface area contributed by atoms with Crippen molar-refractivity contribution in [2.75, 3.05) is 32.7 Å². The molecule has 1 aliphatic heterocycles. The van der Waals surface area contributed by atoms with Crippen LogP contribution in [0.1, 0.15) is 12.6 Å². The zero-order valence-electron chi connectivity index (χ0n) is 10.7. The van der Waals surface area contributed by atoms with Gasteiger partial charge in [0.1, 0.15) is 6.54 Å². The molecule has 18 heavy (non-hydrogen) atoms. The van der Waals surface area contributed by atoms with E-state index in [1.165, 1.54) is 0 Å².